The lowest BCUT2D eigenvalue weighted by atomic mass is 10.4. The molecular formula is C10H21NO4. The molecule has 1 rings (SSSR count). The molecule has 0 unspecified atom stereocenters. The molecule has 0 aromatic rings. The Kier molecular flexibility index (Phi) is 12.6. The van der Waals surface area contributed by atoms with Crippen LogP contribution in [0.25, 0.3) is 0 Å². The smallest absolute Gasteiger partial charge is 0.235 e. The predicted molar refractivity (Wildman–Crippen MR) is 57.6 cm³/mol. The highest BCUT2D eigenvalue weighted by Crippen LogP contribution is 2.07. The first-order chi connectivity index (χ1) is 6.43. The largest absolute Gasteiger partial charge is 0.379 e. The maximum Gasteiger partial charge on any atom is 0.235 e. The van der Waals surface area contributed by atoms with Crippen LogP contribution in [0.1, 0.15) is 21.3 Å². The molecule has 1 heterocycles. The highest BCUT2D eigenvalue weighted by Gasteiger charge is 2.14. The summed E-state index contributed by atoms with van der Waals surface area (Å²) in [5.74, 6) is 0. The summed E-state index contributed by atoms with van der Waals surface area (Å²) in [4.78, 5) is 13.0. The molecule has 1 fully saturated rings. The minimum absolute atomic E-state index is 0. The van der Waals surface area contributed by atoms with Crippen LogP contribution in [0, 0.1) is 0 Å². The van der Waals surface area contributed by atoms with Crippen LogP contribution >= 0.6 is 0 Å². The lowest BCUT2D eigenvalue weighted by Gasteiger charge is -2.07. The van der Waals surface area contributed by atoms with E-state index in [1.54, 1.807) is 0 Å². The quantitative estimate of drug-likeness (QED) is 0.384. The average Bonchev–Trinajstić information content (AvgIpc) is 2.63. The zero-order valence-electron chi connectivity index (χ0n) is 7.40. The number of nitrogens with zero attached hydrogens (tertiary/aromatic N) is 1. The van der Waals surface area contributed by atoms with Crippen LogP contribution in [0.3, 0.4) is 0 Å². The van der Waals surface area contributed by atoms with Gasteiger partial charge in [-0.3, -0.25) is 0 Å². The molecule has 1 saturated heterocycles. The third-order valence-corrected chi connectivity index (χ3v) is 1.60. The van der Waals surface area contributed by atoms with Gasteiger partial charge in [-0.1, -0.05) is 14.9 Å². The summed E-state index contributed by atoms with van der Waals surface area (Å²) in [6.07, 6.45) is 2.06. The van der Waals surface area contributed by atoms with Crippen LogP contribution in [0.4, 0.5) is 0 Å². The molecule has 0 radical (unpaired) electrons. The van der Waals surface area contributed by atoms with E-state index in [2.05, 4.69) is 4.99 Å². The van der Waals surface area contributed by atoms with Crippen molar-refractivity contribution in [1.29, 1.82) is 0 Å². The number of rotatable bonds is 6. The summed E-state index contributed by atoms with van der Waals surface area (Å²) in [6.45, 7) is 2.72. The molecule has 0 aromatic heterocycles. The summed E-state index contributed by atoms with van der Waals surface area (Å²) in [5.41, 5.74) is 0. The van der Waals surface area contributed by atoms with Crippen LogP contribution in [-0.4, -0.2) is 45.3 Å². The van der Waals surface area contributed by atoms with Gasteiger partial charge in [-0.05, 0) is 0 Å². The van der Waals surface area contributed by atoms with Crippen LogP contribution in [-0.2, 0) is 19.0 Å². The van der Waals surface area contributed by atoms with Gasteiger partial charge in [0.1, 0.15) is 0 Å². The molecule has 1 aliphatic rings. The molecule has 1 aliphatic heterocycles. The molecule has 0 saturated carbocycles. The molecule has 90 valence electrons. The molecule has 0 amide bonds. The Morgan fingerprint density at radius 1 is 1.27 bits per heavy atom. The minimum Gasteiger partial charge on any atom is -0.379 e. The molecule has 0 bridgehead atoms. The van der Waals surface area contributed by atoms with Gasteiger partial charge in [-0.25, -0.2) is 9.79 Å². The van der Waals surface area contributed by atoms with Gasteiger partial charge in [0.2, 0.25) is 6.08 Å². The number of aliphatic imine (C=N–C) groups is 1. The molecule has 5 heteroatoms. The SMILES string of the molecule is C.C.O=C=NCCOCCC1OCCO1. The molecule has 0 atom stereocenters. The van der Waals surface area contributed by atoms with Crippen molar-refractivity contribution in [1.82, 2.24) is 0 Å². The molecule has 15 heavy (non-hydrogen) atoms. The van der Waals surface area contributed by atoms with Crippen molar-refractivity contribution >= 4 is 6.08 Å². The standard InChI is InChI=1S/C8H13NO4.2CH4/c10-7-9-2-4-11-3-1-8-12-5-6-13-8;;/h8H,1-6H2;2*1H4. The van der Waals surface area contributed by atoms with Crippen LogP contribution in [0.15, 0.2) is 4.99 Å². The first-order valence-electron chi connectivity index (χ1n) is 4.28. The van der Waals surface area contributed by atoms with E-state index in [-0.39, 0.29) is 21.1 Å². The first kappa shape index (κ1) is 16.7. The van der Waals surface area contributed by atoms with Crippen LogP contribution in [0.5, 0.6) is 0 Å². The topological polar surface area (TPSA) is 57.1 Å². The Hall–Kier alpha value is -0.740. The maximum absolute atomic E-state index is 9.66. The summed E-state index contributed by atoms with van der Waals surface area (Å²) in [5, 5.41) is 0. The monoisotopic (exact) mass is 219 g/mol. The van der Waals surface area contributed by atoms with E-state index in [0.717, 1.165) is 6.42 Å². The summed E-state index contributed by atoms with van der Waals surface area (Å²) in [6, 6.07) is 0. The normalized spacial score (nSPS) is 14.9. The highest BCUT2D eigenvalue weighted by atomic mass is 16.7. The second-order valence-corrected chi connectivity index (χ2v) is 2.55. The Morgan fingerprint density at radius 2 is 1.93 bits per heavy atom. The Morgan fingerprint density at radius 3 is 2.53 bits per heavy atom. The lowest BCUT2D eigenvalue weighted by molar-refractivity contribution is -0.0612. The maximum atomic E-state index is 9.66. The fourth-order valence-corrected chi connectivity index (χ4v) is 1.01. The van der Waals surface area contributed by atoms with E-state index in [1.165, 1.54) is 6.08 Å². The van der Waals surface area contributed by atoms with Crippen molar-refractivity contribution < 1.29 is 19.0 Å². The number of hydrogen-bond donors (Lipinski definition) is 0. The number of carbonyl (C=O) groups excluding carboxylic acids is 1. The van der Waals surface area contributed by atoms with Crippen molar-refractivity contribution in [3.8, 4) is 0 Å². The second-order valence-electron chi connectivity index (χ2n) is 2.55. The van der Waals surface area contributed by atoms with Gasteiger partial charge >= 0.3 is 0 Å². The molecular weight excluding hydrogens is 198 g/mol. The summed E-state index contributed by atoms with van der Waals surface area (Å²) < 4.78 is 15.6. The van der Waals surface area contributed by atoms with Crippen LogP contribution in [0.2, 0.25) is 0 Å². The van der Waals surface area contributed by atoms with E-state index >= 15 is 0 Å². The van der Waals surface area contributed by atoms with Gasteiger partial charge in [0.15, 0.2) is 6.29 Å². The Labute approximate surface area is 91.4 Å². The average molecular weight is 219 g/mol. The molecule has 5 nitrogen and oxygen atoms in total. The number of ether oxygens (including phenoxy) is 3. The molecule has 0 aromatic carbocycles. The van der Waals surface area contributed by atoms with Gasteiger partial charge in [0.05, 0.1) is 33.0 Å². The third kappa shape index (κ3) is 8.27. The fraction of sp³-hybridized carbons (Fsp3) is 0.900. The van der Waals surface area contributed by atoms with Crippen molar-refractivity contribution in [2.24, 2.45) is 4.99 Å². The van der Waals surface area contributed by atoms with Gasteiger partial charge in [0, 0.05) is 6.42 Å². The van der Waals surface area contributed by atoms with Crippen molar-refractivity contribution in [2.75, 3.05) is 33.0 Å². The molecule has 0 spiro atoms. The Bertz CT molecular complexity index is 174. The van der Waals surface area contributed by atoms with E-state index in [1.807, 2.05) is 0 Å². The molecule has 0 aliphatic carbocycles. The zero-order valence-corrected chi connectivity index (χ0v) is 7.40. The highest BCUT2D eigenvalue weighted by molar-refractivity contribution is 5.32. The third-order valence-electron chi connectivity index (χ3n) is 1.60. The van der Waals surface area contributed by atoms with E-state index in [9.17, 15) is 4.79 Å². The zero-order chi connectivity index (χ0) is 9.36. The van der Waals surface area contributed by atoms with Gasteiger partial charge in [-0.2, -0.15) is 0 Å². The first-order valence-corrected chi connectivity index (χ1v) is 4.28. The summed E-state index contributed by atoms with van der Waals surface area (Å²) in [7, 11) is 0. The van der Waals surface area contributed by atoms with Crippen molar-refractivity contribution in [2.45, 2.75) is 27.6 Å². The van der Waals surface area contributed by atoms with Crippen molar-refractivity contribution in [3.05, 3.63) is 0 Å². The van der Waals surface area contributed by atoms with Gasteiger partial charge in [0.25, 0.3) is 0 Å². The number of isocyanates is 1. The van der Waals surface area contributed by atoms with Crippen LogP contribution < -0.4 is 0 Å². The van der Waals surface area contributed by atoms with Gasteiger partial charge < -0.3 is 14.2 Å². The van der Waals surface area contributed by atoms with E-state index in [4.69, 9.17) is 14.2 Å². The second kappa shape index (κ2) is 11.3. The summed E-state index contributed by atoms with van der Waals surface area (Å²) >= 11 is 0. The van der Waals surface area contributed by atoms with E-state index < -0.39 is 0 Å². The predicted octanol–water partition coefficient (Wildman–Crippen LogP) is 1.37. The molecule has 0 N–H and O–H groups in total. The Balaban J connectivity index is 0. The lowest BCUT2D eigenvalue weighted by Crippen LogP contribution is -2.12. The van der Waals surface area contributed by atoms with Gasteiger partial charge in [-0.15, -0.1) is 0 Å². The fourth-order valence-electron chi connectivity index (χ4n) is 1.01. The van der Waals surface area contributed by atoms with E-state index in [0.29, 0.717) is 33.0 Å². The number of hydrogen-bond acceptors (Lipinski definition) is 5. The minimum atomic E-state index is -0.116. The van der Waals surface area contributed by atoms with Crippen molar-refractivity contribution in [3.63, 3.8) is 0 Å².